The van der Waals surface area contributed by atoms with E-state index in [1.54, 1.807) is 0 Å². The van der Waals surface area contributed by atoms with E-state index in [2.05, 4.69) is 9.88 Å². The van der Waals surface area contributed by atoms with Crippen molar-refractivity contribution in [2.75, 3.05) is 26.3 Å². The number of fused-ring (bicyclic) bond motifs is 1. The molecule has 0 amide bonds. The van der Waals surface area contributed by atoms with E-state index in [4.69, 9.17) is 9.47 Å². The number of para-hydroxylation sites is 1. The lowest BCUT2D eigenvalue weighted by Gasteiger charge is -2.32. The van der Waals surface area contributed by atoms with E-state index in [9.17, 15) is 4.39 Å². The number of rotatable bonds is 5. The van der Waals surface area contributed by atoms with E-state index in [0.29, 0.717) is 13.2 Å². The van der Waals surface area contributed by atoms with Gasteiger partial charge in [0, 0.05) is 36.7 Å². The zero-order valence-electron chi connectivity index (χ0n) is 14.0. The summed E-state index contributed by atoms with van der Waals surface area (Å²) < 4.78 is 25.0. The number of ether oxygens (including phenoxy) is 2. The second-order valence-corrected chi connectivity index (χ2v) is 6.36. The summed E-state index contributed by atoms with van der Waals surface area (Å²) >= 11 is 0. The standard InChI is InChI=1S/C20H21FN2O2/c21-16-6-7-19-15(11-22-20(19)10-16)12-23-8-9-24-18(13-23)14-25-17-4-2-1-3-5-17/h1-7,10-11,18,22H,8-9,12-14H2/t18-/m0/s1. The van der Waals surface area contributed by atoms with Gasteiger partial charge in [-0.25, -0.2) is 4.39 Å². The maximum Gasteiger partial charge on any atom is 0.125 e. The summed E-state index contributed by atoms with van der Waals surface area (Å²) in [6.07, 6.45) is 2.02. The molecule has 5 heteroatoms. The van der Waals surface area contributed by atoms with E-state index in [1.807, 2.05) is 42.6 Å². The molecule has 0 unspecified atom stereocenters. The van der Waals surface area contributed by atoms with Gasteiger partial charge in [-0.05, 0) is 35.9 Å². The molecule has 0 saturated carbocycles. The van der Waals surface area contributed by atoms with E-state index in [0.717, 1.165) is 36.3 Å². The largest absolute Gasteiger partial charge is 0.491 e. The normalized spacial score (nSPS) is 18.5. The molecule has 1 aliphatic rings. The second-order valence-electron chi connectivity index (χ2n) is 6.36. The highest BCUT2D eigenvalue weighted by Crippen LogP contribution is 2.22. The Balaban J connectivity index is 1.37. The number of hydrogen-bond acceptors (Lipinski definition) is 3. The summed E-state index contributed by atoms with van der Waals surface area (Å²) in [5.74, 6) is 0.646. The Morgan fingerprint density at radius 2 is 2.08 bits per heavy atom. The Morgan fingerprint density at radius 1 is 1.20 bits per heavy atom. The van der Waals surface area contributed by atoms with Crippen LogP contribution < -0.4 is 4.74 Å². The molecule has 1 aliphatic heterocycles. The number of aromatic amines is 1. The SMILES string of the molecule is Fc1ccc2c(CN3CCO[C@H](COc4ccccc4)C3)c[nH]c2c1. The van der Waals surface area contributed by atoms with Gasteiger partial charge in [-0.1, -0.05) is 18.2 Å². The molecule has 1 fully saturated rings. The minimum Gasteiger partial charge on any atom is -0.491 e. The van der Waals surface area contributed by atoms with Crippen molar-refractivity contribution < 1.29 is 13.9 Å². The second kappa shape index (κ2) is 7.25. The number of benzene rings is 2. The first-order valence-electron chi connectivity index (χ1n) is 8.55. The number of aromatic nitrogens is 1. The van der Waals surface area contributed by atoms with E-state index in [-0.39, 0.29) is 11.9 Å². The fourth-order valence-electron chi connectivity index (χ4n) is 3.26. The average molecular weight is 340 g/mol. The van der Waals surface area contributed by atoms with E-state index >= 15 is 0 Å². The van der Waals surface area contributed by atoms with Gasteiger partial charge in [0.15, 0.2) is 0 Å². The maximum atomic E-state index is 13.3. The summed E-state index contributed by atoms with van der Waals surface area (Å²) in [4.78, 5) is 5.51. The highest BCUT2D eigenvalue weighted by molar-refractivity contribution is 5.83. The predicted octanol–water partition coefficient (Wildman–Crippen LogP) is 3.59. The number of hydrogen-bond donors (Lipinski definition) is 1. The van der Waals surface area contributed by atoms with Crippen molar-refractivity contribution in [2.45, 2.75) is 12.6 Å². The topological polar surface area (TPSA) is 37.5 Å². The molecule has 3 aromatic rings. The molecule has 2 aromatic carbocycles. The molecule has 1 aromatic heterocycles. The van der Waals surface area contributed by atoms with Gasteiger partial charge in [-0.15, -0.1) is 0 Å². The lowest BCUT2D eigenvalue weighted by molar-refractivity contribution is -0.0503. The first-order valence-corrected chi connectivity index (χ1v) is 8.55. The molecule has 0 aliphatic carbocycles. The van der Waals surface area contributed by atoms with Crippen molar-refractivity contribution in [1.29, 1.82) is 0 Å². The van der Waals surface area contributed by atoms with Crippen molar-refractivity contribution in [3.63, 3.8) is 0 Å². The van der Waals surface area contributed by atoms with Gasteiger partial charge >= 0.3 is 0 Å². The van der Waals surface area contributed by atoms with Crippen LogP contribution in [0.1, 0.15) is 5.56 Å². The van der Waals surface area contributed by atoms with Crippen molar-refractivity contribution in [2.24, 2.45) is 0 Å². The van der Waals surface area contributed by atoms with E-state index in [1.165, 1.54) is 17.7 Å². The van der Waals surface area contributed by atoms with Crippen molar-refractivity contribution >= 4 is 10.9 Å². The number of H-pyrrole nitrogens is 1. The summed E-state index contributed by atoms with van der Waals surface area (Å²) in [5.41, 5.74) is 2.02. The molecule has 0 spiro atoms. The highest BCUT2D eigenvalue weighted by atomic mass is 19.1. The predicted molar refractivity (Wildman–Crippen MR) is 95.2 cm³/mol. The number of nitrogens with zero attached hydrogens (tertiary/aromatic N) is 1. The molecule has 1 saturated heterocycles. The van der Waals surface area contributed by atoms with Crippen LogP contribution in [0.15, 0.2) is 54.7 Å². The van der Waals surface area contributed by atoms with Crippen LogP contribution in [0.4, 0.5) is 4.39 Å². The van der Waals surface area contributed by atoms with Gasteiger partial charge in [0.25, 0.3) is 0 Å². The Morgan fingerprint density at radius 3 is 2.96 bits per heavy atom. The molecule has 1 N–H and O–H groups in total. The molecule has 1 atom stereocenters. The van der Waals surface area contributed by atoms with Gasteiger partial charge in [-0.3, -0.25) is 4.90 Å². The maximum absolute atomic E-state index is 13.3. The Hall–Kier alpha value is -2.37. The smallest absolute Gasteiger partial charge is 0.125 e. The van der Waals surface area contributed by atoms with Crippen LogP contribution in [0, 0.1) is 5.82 Å². The minimum atomic E-state index is -0.217. The number of nitrogens with one attached hydrogen (secondary N) is 1. The van der Waals surface area contributed by atoms with Gasteiger partial charge in [-0.2, -0.15) is 0 Å². The lowest BCUT2D eigenvalue weighted by Crippen LogP contribution is -2.44. The molecule has 25 heavy (non-hydrogen) atoms. The van der Waals surface area contributed by atoms with Crippen LogP contribution in [0.2, 0.25) is 0 Å². The average Bonchev–Trinajstić information content (AvgIpc) is 3.03. The molecule has 0 bridgehead atoms. The number of halogens is 1. The fraction of sp³-hybridized carbons (Fsp3) is 0.300. The van der Waals surface area contributed by atoms with Crippen LogP contribution in [-0.4, -0.2) is 42.3 Å². The van der Waals surface area contributed by atoms with Crippen molar-refractivity contribution in [1.82, 2.24) is 9.88 Å². The fourth-order valence-corrected chi connectivity index (χ4v) is 3.26. The monoisotopic (exact) mass is 340 g/mol. The third-order valence-corrected chi connectivity index (χ3v) is 4.53. The van der Waals surface area contributed by atoms with Crippen LogP contribution >= 0.6 is 0 Å². The molecule has 0 radical (unpaired) electrons. The van der Waals surface area contributed by atoms with Crippen molar-refractivity contribution in [3.05, 3.63) is 66.1 Å². The zero-order valence-corrected chi connectivity index (χ0v) is 14.0. The molecule has 130 valence electrons. The van der Waals surface area contributed by atoms with Crippen LogP contribution in [-0.2, 0) is 11.3 Å². The lowest BCUT2D eigenvalue weighted by atomic mass is 10.1. The molecular formula is C20H21FN2O2. The molecule has 4 rings (SSSR count). The molecular weight excluding hydrogens is 319 g/mol. The highest BCUT2D eigenvalue weighted by Gasteiger charge is 2.22. The van der Waals surface area contributed by atoms with Gasteiger partial charge in [0.1, 0.15) is 24.3 Å². The Bertz CT molecular complexity index is 834. The van der Waals surface area contributed by atoms with Gasteiger partial charge in [0.2, 0.25) is 0 Å². The molecule has 2 heterocycles. The first kappa shape index (κ1) is 16.1. The summed E-state index contributed by atoms with van der Waals surface area (Å²) in [6.45, 7) is 3.76. The van der Waals surface area contributed by atoms with Crippen LogP contribution in [0.3, 0.4) is 0 Å². The minimum absolute atomic E-state index is 0.0524. The zero-order chi connectivity index (χ0) is 17.1. The third-order valence-electron chi connectivity index (χ3n) is 4.53. The molecule has 4 nitrogen and oxygen atoms in total. The number of morpholine rings is 1. The summed E-state index contributed by atoms with van der Waals surface area (Å²) in [6, 6.07) is 14.7. The van der Waals surface area contributed by atoms with Crippen LogP contribution in [0.25, 0.3) is 10.9 Å². The summed E-state index contributed by atoms with van der Waals surface area (Å²) in [5, 5.41) is 1.07. The Labute approximate surface area is 146 Å². The quantitative estimate of drug-likeness (QED) is 0.771. The van der Waals surface area contributed by atoms with Gasteiger partial charge in [0.05, 0.1) is 6.61 Å². The Kier molecular flexibility index (Phi) is 4.68. The summed E-state index contributed by atoms with van der Waals surface area (Å²) in [7, 11) is 0. The van der Waals surface area contributed by atoms with Crippen LogP contribution in [0.5, 0.6) is 5.75 Å². The first-order chi connectivity index (χ1) is 12.3. The van der Waals surface area contributed by atoms with E-state index < -0.39 is 0 Å². The third kappa shape index (κ3) is 3.83. The van der Waals surface area contributed by atoms with Crippen molar-refractivity contribution in [3.8, 4) is 5.75 Å². The van der Waals surface area contributed by atoms with Gasteiger partial charge < -0.3 is 14.5 Å².